The SMILES string of the molecule is CCc1ccc(CCCC(N)CC)s1. The Morgan fingerprint density at radius 2 is 2.00 bits per heavy atom. The van der Waals surface area contributed by atoms with E-state index in [9.17, 15) is 0 Å². The Kier molecular flexibility index (Phi) is 5.20. The van der Waals surface area contributed by atoms with Crippen molar-refractivity contribution in [3.8, 4) is 0 Å². The Hall–Kier alpha value is -0.340. The van der Waals surface area contributed by atoms with Gasteiger partial charge in [0.25, 0.3) is 0 Å². The fourth-order valence-corrected chi connectivity index (χ4v) is 2.49. The molecule has 2 heteroatoms. The van der Waals surface area contributed by atoms with Gasteiger partial charge in [-0.15, -0.1) is 11.3 Å². The summed E-state index contributed by atoms with van der Waals surface area (Å²) in [7, 11) is 0. The number of hydrogen-bond donors (Lipinski definition) is 1. The summed E-state index contributed by atoms with van der Waals surface area (Å²) < 4.78 is 0. The minimum absolute atomic E-state index is 0.403. The third kappa shape index (κ3) is 3.81. The summed E-state index contributed by atoms with van der Waals surface area (Å²) in [5.74, 6) is 0. The molecule has 0 spiro atoms. The van der Waals surface area contributed by atoms with Crippen molar-refractivity contribution in [1.29, 1.82) is 0 Å². The van der Waals surface area contributed by atoms with Crippen LogP contribution in [0.3, 0.4) is 0 Å². The summed E-state index contributed by atoms with van der Waals surface area (Å²) in [6.07, 6.45) is 5.87. The van der Waals surface area contributed by atoms with Crippen molar-refractivity contribution in [3.63, 3.8) is 0 Å². The second-order valence-electron chi connectivity index (χ2n) is 3.78. The minimum atomic E-state index is 0.403. The molecule has 14 heavy (non-hydrogen) atoms. The van der Waals surface area contributed by atoms with Crippen LogP contribution < -0.4 is 5.73 Å². The lowest BCUT2D eigenvalue weighted by Crippen LogP contribution is -2.18. The average molecular weight is 211 g/mol. The number of thiophene rings is 1. The molecule has 1 atom stereocenters. The van der Waals surface area contributed by atoms with Crippen LogP contribution in [0.2, 0.25) is 0 Å². The fourth-order valence-electron chi connectivity index (χ4n) is 1.49. The second kappa shape index (κ2) is 6.20. The van der Waals surface area contributed by atoms with Crippen LogP contribution >= 0.6 is 11.3 Å². The number of aryl methyl sites for hydroxylation is 2. The zero-order chi connectivity index (χ0) is 10.4. The molecule has 0 radical (unpaired) electrons. The molecule has 1 rings (SSSR count). The van der Waals surface area contributed by atoms with Crippen LogP contribution in [0.25, 0.3) is 0 Å². The van der Waals surface area contributed by atoms with Crippen LogP contribution in [0.4, 0.5) is 0 Å². The van der Waals surface area contributed by atoms with Crippen LogP contribution in [-0.4, -0.2) is 6.04 Å². The number of nitrogens with two attached hydrogens (primary N) is 1. The van der Waals surface area contributed by atoms with Gasteiger partial charge in [0.15, 0.2) is 0 Å². The third-order valence-electron chi connectivity index (χ3n) is 2.59. The lowest BCUT2D eigenvalue weighted by Gasteiger charge is -2.06. The minimum Gasteiger partial charge on any atom is -0.328 e. The first-order chi connectivity index (χ1) is 6.76. The van der Waals surface area contributed by atoms with Gasteiger partial charge in [0.05, 0.1) is 0 Å². The summed E-state index contributed by atoms with van der Waals surface area (Å²) in [5.41, 5.74) is 5.87. The number of hydrogen-bond acceptors (Lipinski definition) is 2. The van der Waals surface area contributed by atoms with Gasteiger partial charge in [-0.3, -0.25) is 0 Å². The maximum absolute atomic E-state index is 5.87. The first-order valence-electron chi connectivity index (χ1n) is 5.59. The maximum Gasteiger partial charge on any atom is 0.00481 e. The van der Waals surface area contributed by atoms with E-state index in [2.05, 4.69) is 26.0 Å². The Balaban J connectivity index is 2.24. The molecule has 0 aromatic carbocycles. The normalized spacial score (nSPS) is 13.1. The molecular formula is C12H21NS. The lowest BCUT2D eigenvalue weighted by molar-refractivity contribution is 0.570. The summed E-state index contributed by atoms with van der Waals surface area (Å²) in [6.45, 7) is 4.37. The van der Waals surface area contributed by atoms with Crippen molar-refractivity contribution in [1.82, 2.24) is 0 Å². The van der Waals surface area contributed by atoms with Crippen LogP contribution in [0, 0.1) is 0 Å². The molecule has 1 aromatic heterocycles. The van der Waals surface area contributed by atoms with Gasteiger partial charge in [0, 0.05) is 15.8 Å². The van der Waals surface area contributed by atoms with Crippen molar-refractivity contribution in [2.24, 2.45) is 5.73 Å². The zero-order valence-corrected chi connectivity index (χ0v) is 10.1. The van der Waals surface area contributed by atoms with E-state index in [4.69, 9.17) is 5.73 Å². The predicted molar refractivity (Wildman–Crippen MR) is 64.9 cm³/mol. The third-order valence-corrected chi connectivity index (χ3v) is 3.88. The summed E-state index contributed by atoms with van der Waals surface area (Å²) in [5, 5.41) is 0. The molecule has 1 aromatic rings. The van der Waals surface area contributed by atoms with Gasteiger partial charge in [-0.05, 0) is 44.2 Å². The average Bonchev–Trinajstić information content (AvgIpc) is 2.65. The molecular weight excluding hydrogens is 190 g/mol. The standard InChI is InChI=1S/C12H21NS/c1-3-10(13)6-5-7-12-9-8-11(4-2)14-12/h8-10H,3-7,13H2,1-2H3. The quantitative estimate of drug-likeness (QED) is 0.767. The molecule has 1 unspecified atom stereocenters. The van der Waals surface area contributed by atoms with Crippen molar-refractivity contribution in [2.75, 3.05) is 0 Å². The first-order valence-corrected chi connectivity index (χ1v) is 6.41. The van der Waals surface area contributed by atoms with Gasteiger partial charge in [0.2, 0.25) is 0 Å². The van der Waals surface area contributed by atoms with Gasteiger partial charge in [-0.25, -0.2) is 0 Å². The molecule has 1 heterocycles. The van der Waals surface area contributed by atoms with Crippen LogP contribution in [-0.2, 0) is 12.8 Å². The zero-order valence-electron chi connectivity index (χ0n) is 9.25. The highest BCUT2D eigenvalue weighted by molar-refractivity contribution is 7.11. The summed E-state index contributed by atoms with van der Waals surface area (Å²) in [6, 6.07) is 4.92. The highest BCUT2D eigenvalue weighted by Crippen LogP contribution is 2.19. The van der Waals surface area contributed by atoms with E-state index in [0.717, 1.165) is 12.8 Å². The Labute approximate surface area is 91.3 Å². The van der Waals surface area contributed by atoms with Gasteiger partial charge in [-0.2, -0.15) is 0 Å². The first kappa shape index (κ1) is 11.7. The van der Waals surface area contributed by atoms with E-state index < -0.39 is 0 Å². The molecule has 0 bridgehead atoms. The van der Waals surface area contributed by atoms with E-state index in [1.165, 1.54) is 29.0 Å². The van der Waals surface area contributed by atoms with Crippen molar-refractivity contribution >= 4 is 11.3 Å². The molecule has 0 amide bonds. The smallest absolute Gasteiger partial charge is 0.00481 e. The van der Waals surface area contributed by atoms with E-state index in [0.29, 0.717) is 6.04 Å². The topological polar surface area (TPSA) is 26.0 Å². The van der Waals surface area contributed by atoms with Crippen molar-refractivity contribution in [2.45, 2.75) is 52.0 Å². The summed E-state index contributed by atoms with van der Waals surface area (Å²) >= 11 is 1.95. The van der Waals surface area contributed by atoms with Crippen LogP contribution in [0.15, 0.2) is 12.1 Å². The maximum atomic E-state index is 5.87. The summed E-state index contributed by atoms with van der Waals surface area (Å²) in [4.78, 5) is 3.02. The Bertz CT molecular complexity index is 255. The van der Waals surface area contributed by atoms with E-state index in [-0.39, 0.29) is 0 Å². The Morgan fingerprint density at radius 3 is 2.57 bits per heavy atom. The van der Waals surface area contributed by atoms with Gasteiger partial charge < -0.3 is 5.73 Å². The van der Waals surface area contributed by atoms with E-state index >= 15 is 0 Å². The van der Waals surface area contributed by atoms with Gasteiger partial charge in [0.1, 0.15) is 0 Å². The molecule has 1 nitrogen and oxygen atoms in total. The molecule has 0 saturated carbocycles. The molecule has 0 aliphatic heterocycles. The van der Waals surface area contributed by atoms with E-state index in [1.807, 2.05) is 11.3 Å². The molecule has 2 N–H and O–H groups in total. The molecule has 0 saturated heterocycles. The monoisotopic (exact) mass is 211 g/mol. The molecule has 0 aliphatic rings. The molecule has 0 fully saturated rings. The predicted octanol–water partition coefficient (Wildman–Crippen LogP) is 3.37. The van der Waals surface area contributed by atoms with Gasteiger partial charge in [-0.1, -0.05) is 13.8 Å². The molecule has 0 aliphatic carbocycles. The fraction of sp³-hybridized carbons (Fsp3) is 0.667. The van der Waals surface area contributed by atoms with Crippen LogP contribution in [0.1, 0.15) is 42.9 Å². The number of rotatable bonds is 6. The highest BCUT2D eigenvalue weighted by Gasteiger charge is 2.01. The van der Waals surface area contributed by atoms with Crippen molar-refractivity contribution < 1.29 is 0 Å². The highest BCUT2D eigenvalue weighted by atomic mass is 32.1. The second-order valence-corrected chi connectivity index (χ2v) is 5.04. The lowest BCUT2D eigenvalue weighted by atomic mass is 10.1. The van der Waals surface area contributed by atoms with E-state index in [1.54, 1.807) is 0 Å². The molecule has 80 valence electrons. The van der Waals surface area contributed by atoms with Crippen LogP contribution in [0.5, 0.6) is 0 Å². The Morgan fingerprint density at radius 1 is 1.29 bits per heavy atom. The van der Waals surface area contributed by atoms with Crippen molar-refractivity contribution in [3.05, 3.63) is 21.9 Å². The largest absolute Gasteiger partial charge is 0.328 e. The van der Waals surface area contributed by atoms with Gasteiger partial charge >= 0.3 is 0 Å².